The van der Waals surface area contributed by atoms with E-state index in [1.807, 2.05) is 32.0 Å². The third kappa shape index (κ3) is 3.74. The van der Waals surface area contributed by atoms with Crippen molar-refractivity contribution in [3.8, 4) is 0 Å². The smallest absolute Gasteiger partial charge is 0.272 e. The van der Waals surface area contributed by atoms with Crippen LogP contribution < -0.4 is 10.6 Å². The summed E-state index contributed by atoms with van der Waals surface area (Å²) in [4.78, 5) is 16.2. The molecule has 0 aliphatic heterocycles. The maximum atomic E-state index is 11.9. The van der Waals surface area contributed by atoms with Crippen LogP contribution in [-0.2, 0) is 6.54 Å². The summed E-state index contributed by atoms with van der Waals surface area (Å²) in [5, 5.41) is 13.6. The lowest BCUT2D eigenvalue weighted by atomic mass is 10.3. The van der Waals surface area contributed by atoms with Gasteiger partial charge in [-0.25, -0.2) is 0 Å². The van der Waals surface area contributed by atoms with Crippen LogP contribution in [0.1, 0.15) is 28.8 Å². The zero-order valence-electron chi connectivity index (χ0n) is 11.6. The van der Waals surface area contributed by atoms with Gasteiger partial charge in [0.1, 0.15) is 5.82 Å². The normalized spacial score (nSPS) is 10.1. The third-order valence-corrected chi connectivity index (χ3v) is 2.63. The van der Waals surface area contributed by atoms with Crippen LogP contribution in [0, 0.1) is 6.92 Å². The van der Waals surface area contributed by atoms with Gasteiger partial charge in [-0.2, -0.15) is 0 Å². The van der Waals surface area contributed by atoms with Crippen LogP contribution in [0.15, 0.2) is 30.3 Å². The Hall–Kier alpha value is -2.50. The zero-order valence-corrected chi connectivity index (χ0v) is 11.6. The van der Waals surface area contributed by atoms with Gasteiger partial charge in [0.15, 0.2) is 5.69 Å². The maximum Gasteiger partial charge on any atom is 0.272 e. The van der Waals surface area contributed by atoms with E-state index < -0.39 is 0 Å². The summed E-state index contributed by atoms with van der Waals surface area (Å²) in [6.07, 6.45) is 0. The fraction of sp³-hybridized carbons (Fsp3) is 0.286. The second-order valence-electron chi connectivity index (χ2n) is 4.29. The molecule has 2 rings (SSSR count). The second-order valence-corrected chi connectivity index (χ2v) is 4.29. The van der Waals surface area contributed by atoms with E-state index in [1.54, 1.807) is 12.1 Å². The molecule has 0 aliphatic rings. The molecule has 0 spiro atoms. The van der Waals surface area contributed by atoms with Crippen molar-refractivity contribution in [2.45, 2.75) is 20.4 Å². The molecule has 0 saturated heterocycles. The van der Waals surface area contributed by atoms with E-state index in [1.165, 1.54) is 0 Å². The van der Waals surface area contributed by atoms with Crippen molar-refractivity contribution in [3.05, 3.63) is 47.4 Å². The van der Waals surface area contributed by atoms with Crippen molar-refractivity contribution in [2.75, 3.05) is 11.9 Å². The fourth-order valence-electron chi connectivity index (χ4n) is 1.69. The van der Waals surface area contributed by atoms with Gasteiger partial charge in [0.2, 0.25) is 0 Å². The number of carbonyl (C=O) groups excluding carboxylic acids is 1. The van der Waals surface area contributed by atoms with Crippen LogP contribution in [-0.4, -0.2) is 27.6 Å². The molecule has 0 radical (unpaired) electrons. The van der Waals surface area contributed by atoms with Gasteiger partial charge in [0.25, 0.3) is 5.91 Å². The highest BCUT2D eigenvalue weighted by molar-refractivity contribution is 5.92. The Labute approximate surface area is 117 Å². The number of hydrogen-bond acceptors (Lipinski definition) is 5. The lowest BCUT2D eigenvalue weighted by Gasteiger charge is -2.05. The Morgan fingerprint density at radius 3 is 2.70 bits per heavy atom. The van der Waals surface area contributed by atoms with Crippen molar-refractivity contribution in [1.29, 1.82) is 0 Å². The van der Waals surface area contributed by atoms with Gasteiger partial charge < -0.3 is 10.6 Å². The Bertz CT molecular complexity index is 582. The quantitative estimate of drug-likeness (QED) is 0.862. The zero-order chi connectivity index (χ0) is 14.4. The van der Waals surface area contributed by atoms with E-state index in [0.717, 1.165) is 17.9 Å². The Kier molecular flexibility index (Phi) is 4.60. The van der Waals surface area contributed by atoms with Crippen LogP contribution in [0.3, 0.4) is 0 Å². The van der Waals surface area contributed by atoms with E-state index in [4.69, 9.17) is 0 Å². The molecule has 0 atom stereocenters. The predicted molar refractivity (Wildman–Crippen MR) is 76.3 cm³/mol. The SMILES string of the molecule is CCNc1ccc(C(=O)NCc2cccc(C)n2)nn1. The summed E-state index contributed by atoms with van der Waals surface area (Å²) in [6.45, 7) is 5.02. The van der Waals surface area contributed by atoms with E-state index in [9.17, 15) is 4.79 Å². The molecule has 2 aromatic rings. The number of hydrogen-bond donors (Lipinski definition) is 2. The molecule has 0 unspecified atom stereocenters. The number of aryl methyl sites for hydroxylation is 1. The van der Waals surface area contributed by atoms with Gasteiger partial charge in [0.05, 0.1) is 12.2 Å². The van der Waals surface area contributed by atoms with Gasteiger partial charge >= 0.3 is 0 Å². The van der Waals surface area contributed by atoms with E-state index in [2.05, 4.69) is 25.8 Å². The highest BCUT2D eigenvalue weighted by Gasteiger charge is 2.08. The van der Waals surface area contributed by atoms with Crippen molar-refractivity contribution >= 4 is 11.7 Å². The molecular weight excluding hydrogens is 254 g/mol. The third-order valence-electron chi connectivity index (χ3n) is 2.63. The number of amides is 1. The van der Waals surface area contributed by atoms with Crippen LogP contribution in [0.25, 0.3) is 0 Å². The molecule has 0 bridgehead atoms. The van der Waals surface area contributed by atoms with E-state index in [-0.39, 0.29) is 5.91 Å². The second kappa shape index (κ2) is 6.60. The Morgan fingerprint density at radius 2 is 2.05 bits per heavy atom. The lowest BCUT2D eigenvalue weighted by Crippen LogP contribution is -2.24. The van der Waals surface area contributed by atoms with Gasteiger partial charge in [-0.15, -0.1) is 10.2 Å². The fourth-order valence-corrected chi connectivity index (χ4v) is 1.69. The molecule has 6 nitrogen and oxygen atoms in total. The molecule has 0 saturated carbocycles. The highest BCUT2D eigenvalue weighted by Crippen LogP contribution is 2.02. The van der Waals surface area contributed by atoms with Gasteiger partial charge in [-0.05, 0) is 38.1 Å². The number of nitrogens with one attached hydrogen (secondary N) is 2. The van der Waals surface area contributed by atoms with Crippen LogP contribution in [0.2, 0.25) is 0 Å². The summed E-state index contributed by atoms with van der Waals surface area (Å²) in [7, 11) is 0. The summed E-state index contributed by atoms with van der Waals surface area (Å²) in [6, 6.07) is 9.07. The average molecular weight is 271 g/mol. The largest absolute Gasteiger partial charge is 0.369 e. The molecule has 2 N–H and O–H groups in total. The van der Waals surface area contributed by atoms with E-state index in [0.29, 0.717) is 18.1 Å². The lowest BCUT2D eigenvalue weighted by molar-refractivity contribution is 0.0944. The van der Waals surface area contributed by atoms with Crippen LogP contribution >= 0.6 is 0 Å². The molecule has 104 valence electrons. The molecule has 0 aliphatic carbocycles. The Morgan fingerprint density at radius 1 is 1.20 bits per heavy atom. The predicted octanol–water partition coefficient (Wildman–Crippen LogP) is 1.54. The monoisotopic (exact) mass is 271 g/mol. The summed E-state index contributed by atoms with van der Waals surface area (Å²) < 4.78 is 0. The van der Waals surface area contributed by atoms with Crippen LogP contribution in [0.4, 0.5) is 5.82 Å². The van der Waals surface area contributed by atoms with Crippen molar-refractivity contribution in [1.82, 2.24) is 20.5 Å². The minimum atomic E-state index is -0.260. The first kappa shape index (κ1) is 13.9. The van der Waals surface area contributed by atoms with Crippen molar-refractivity contribution in [3.63, 3.8) is 0 Å². The summed E-state index contributed by atoms with van der Waals surface area (Å²) in [5.74, 6) is 0.397. The number of anilines is 1. The van der Waals surface area contributed by atoms with Crippen LogP contribution in [0.5, 0.6) is 0 Å². The minimum Gasteiger partial charge on any atom is -0.369 e. The molecule has 6 heteroatoms. The first-order chi connectivity index (χ1) is 9.69. The molecule has 0 aromatic carbocycles. The number of aromatic nitrogens is 3. The molecular formula is C14H17N5O. The summed E-state index contributed by atoms with van der Waals surface area (Å²) >= 11 is 0. The van der Waals surface area contributed by atoms with E-state index >= 15 is 0 Å². The highest BCUT2D eigenvalue weighted by atomic mass is 16.1. The number of carbonyl (C=O) groups is 1. The topological polar surface area (TPSA) is 79.8 Å². The summed E-state index contributed by atoms with van der Waals surface area (Å²) in [5.41, 5.74) is 2.03. The van der Waals surface area contributed by atoms with Gasteiger partial charge in [-0.1, -0.05) is 6.07 Å². The standard InChI is InChI=1S/C14H17N5O/c1-3-15-13-8-7-12(18-19-13)14(20)16-9-11-6-4-5-10(2)17-11/h4-8H,3,9H2,1-2H3,(H,15,19)(H,16,20). The Balaban J connectivity index is 1.94. The first-order valence-electron chi connectivity index (χ1n) is 6.47. The molecule has 2 heterocycles. The number of rotatable bonds is 5. The van der Waals surface area contributed by atoms with Crippen molar-refractivity contribution in [2.24, 2.45) is 0 Å². The number of pyridine rings is 1. The average Bonchev–Trinajstić information content (AvgIpc) is 2.46. The maximum absolute atomic E-state index is 11.9. The van der Waals surface area contributed by atoms with Gasteiger partial charge in [0, 0.05) is 12.2 Å². The molecule has 20 heavy (non-hydrogen) atoms. The van der Waals surface area contributed by atoms with Gasteiger partial charge in [-0.3, -0.25) is 9.78 Å². The molecule has 0 fully saturated rings. The first-order valence-corrected chi connectivity index (χ1v) is 6.47. The molecule has 2 aromatic heterocycles. The minimum absolute atomic E-state index is 0.260. The van der Waals surface area contributed by atoms with Crippen molar-refractivity contribution < 1.29 is 4.79 Å². The molecule has 1 amide bonds. The number of nitrogens with zero attached hydrogens (tertiary/aromatic N) is 3.